The maximum atomic E-state index is 3.83. The molecular formula is FeMnS2. The van der Waals surface area contributed by atoms with Crippen molar-refractivity contribution in [1.29, 1.82) is 0 Å². The molecule has 0 saturated heterocycles. The van der Waals surface area contributed by atoms with Crippen LogP contribution in [0.15, 0.2) is 0 Å². The Bertz CT molecular complexity index is 6.00. The molecule has 0 spiro atoms. The molecule has 0 unspecified atom stereocenters. The first-order valence-electron chi connectivity index (χ1n) is 0.144. The van der Waals surface area contributed by atoms with Crippen LogP contribution in [0.5, 0.6) is 0 Å². The summed E-state index contributed by atoms with van der Waals surface area (Å²) in [4.78, 5) is 0. The fraction of sp³-hybridized carbons (Fsp3) is 0. The number of hydrogen-bond donors (Lipinski definition) is 0. The van der Waals surface area contributed by atoms with Gasteiger partial charge in [-0.25, -0.2) is 0 Å². The van der Waals surface area contributed by atoms with Crippen molar-refractivity contribution in [3.63, 3.8) is 0 Å². The summed E-state index contributed by atoms with van der Waals surface area (Å²) in [5.41, 5.74) is 0. The van der Waals surface area contributed by atoms with E-state index in [0.717, 1.165) is 0 Å². The molecule has 0 aromatic carbocycles. The fourth-order valence-corrected chi connectivity index (χ4v) is 0. The summed E-state index contributed by atoms with van der Waals surface area (Å²) in [5.74, 6) is 0. The van der Waals surface area contributed by atoms with Crippen molar-refractivity contribution < 1.29 is 31.5 Å². The Morgan fingerprint density at radius 1 is 1.25 bits per heavy atom. The topological polar surface area (TPSA) is 0 Å². The standard InChI is InChI=1S/Fe.Mn.2S/q;+2;;-2. The summed E-state index contributed by atoms with van der Waals surface area (Å²) in [6, 6.07) is 0. The minimum absolute atomic E-state index is 0. The Morgan fingerprint density at radius 3 is 1.25 bits per heavy atom. The monoisotopic (exact) mass is 175 g/mol. The predicted octanol–water partition coefficient (Wildman–Crippen LogP) is 0.641. The molecule has 0 atom stereocenters. The third kappa shape index (κ3) is 9.49. The molecule has 27 valence electrons. The summed E-state index contributed by atoms with van der Waals surface area (Å²) in [7, 11) is 3.83. The van der Waals surface area contributed by atoms with Gasteiger partial charge in [-0.05, 0) is 0 Å². The molecule has 0 aliphatic carbocycles. The van der Waals surface area contributed by atoms with E-state index in [1.165, 1.54) is 0 Å². The molecule has 1 radical (unpaired) electrons. The summed E-state index contributed by atoms with van der Waals surface area (Å²) < 4.78 is 0. The van der Waals surface area contributed by atoms with Crippen LogP contribution in [-0.2, 0) is 44.9 Å². The Balaban J connectivity index is -0.00000000500. The molecule has 0 heterocycles. The number of rotatable bonds is 0. The summed E-state index contributed by atoms with van der Waals surface area (Å²) in [6.45, 7) is 0. The van der Waals surface area contributed by atoms with Gasteiger partial charge < -0.3 is 13.5 Å². The zero-order valence-electron chi connectivity index (χ0n) is 1.55. The average molecular weight is 175 g/mol. The predicted molar refractivity (Wildman–Crippen MR) is 15.0 cm³/mol. The van der Waals surface area contributed by atoms with Crippen LogP contribution in [-0.4, -0.2) is 0 Å². The molecular weight excluding hydrogens is 175 g/mol. The first-order valence-corrected chi connectivity index (χ1v) is 1.79. The van der Waals surface area contributed by atoms with Gasteiger partial charge in [-0.2, -0.15) is 0 Å². The van der Waals surface area contributed by atoms with E-state index in [9.17, 15) is 0 Å². The zero-order chi connectivity index (χ0) is 2.00. The third-order valence-corrected chi connectivity index (χ3v) is 0. The van der Waals surface area contributed by atoms with Gasteiger partial charge in [-0.15, -0.1) is 0 Å². The van der Waals surface area contributed by atoms with Crippen molar-refractivity contribution in [2.75, 3.05) is 0 Å². The zero-order valence-corrected chi connectivity index (χ0v) is 5.47. The molecule has 0 aromatic heterocycles. The van der Waals surface area contributed by atoms with E-state index in [0.29, 0.717) is 0 Å². The van der Waals surface area contributed by atoms with E-state index >= 15 is 0 Å². The van der Waals surface area contributed by atoms with Gasteiger partial charge in [0.25, 0.3) is 0 Å². The molecule has 0 amide bonds. The molecule has 4 heteroatoms. The van der Waals surface area contributed by atoms with Gasteiger partial charge in [0.1, 0.15) is 0 Å². The van der Waals surface area contributed by atoms with Crippen molar-refractivity contribution in [1.82, 2.24) is 0 Å². The Labute approximate surface area is 55.3 Å². The second-order valence-electron chi connectivity index (χ2n) is 0. The Kier molecular flexibility index (Phi) is 101. The molecule has 0 rings (SSSR count). The van der Waals surface area contributed by atoms with Gasteiger partial charge in [0.2, 0.25) is 0 Å². The second-order valence-corrected chi connectivity index (χ2v) is 0. The van der Waals surface area contributed by atoms with E-state index in [1.54, 1.807) is 0 Å². The molecule has 0 aliphatic heterocycles. The van der Waals surface area contributed by atoms with E-state index in [1.807, 2.05) is 0 Å². The van der Waals surface area contributed by atoms with Crippen molar-refractivity contribution in [2.24, 2.45) is 0 Å². The van der Waals surface area contributed by atoms with Crippen LogP contribution in [0.25, 0.3) is 0 Å². The van der Waals surface area contributed by atoms with Crippen LogP contribution in [0.3, 0.4) is 0 Å². The van der Waals surface area contributed by atoms with Gasteiger partial charge >= 0.3 is 42.0 Å². The van der Waals surface area contributed by atoms with E-state index < -0.39 is 0 Å². The summed E-state index contributed by atoms with van der Waals surface area (Å²) in [6.07, 6.45) is 0. The fourth-order valence-electron chi connectivity index (χ4n) is 0. The van der Waals surface area contributed by atoms with Crippen molar-refractivity contribution in [3.8, 4) is 0 Å². The molecule has 0 nitrogen and oxygen atoms in total. The van der Waals surface area contributed by atoms with Crippen LogP contribution in [0, 0.1) is 0 Å². The maximum absolute atomic E-state index is 3.83. The molecule has 0 aliphatic rings. The summed E-state index contributed by atoms with van der Waals surface area (Å²) >= 11 is 2.83. The van der Waals surface area contributed by atoms with Gasteiger partial charge in [-0.3, -0.25) is 0 Å². The van der Waals surface area contributed by atoms with Gasteiger partial charge in [-0.1, -0.05) is 0 Å². The van der Waals surface area contributed by atoms with Gasteiger partial charge in [0, 0.05) is 0 Å². The van der Waals surface area contributed by atoms with Gasteiger partial charge in [0.15, 0.2) is 0 Å². The average Bonchev–Trinajstić information content (AvgIpc) is 1.00. The van der Waals surface area contributed by atoms with Crippen LogP contribution in [0.4, 0.5) is 0 Å². The SMILES string of the molecule is [Mn+2].[S-2].[S]=[Fe]. The third-order valence-electron chi connectivity index (χ3n) is 0. The summed E-state index contributed by atoms with van der Waals surface area (Å²) in [5, 5.41) is 0. The number of hydrogen-bond acceptors (Lipinski definition) is 1. The minimum atomic E-state index is 0. The molecule has 4 heavy (non-hydrogen) atoms. The molecule has 0 fully saturated rings. The quantitative estimate of drug-likeness (QED) is 0.486. The van der Waals surface area contributed by atoms with Crippen LogP contribution in [0.2, 0.25) is 0 Å². The van der Waals surface area contributed by atoms with Crippen molar-refractivity contribution in [3.05, 3.63) is 0 Å². The van der Waals surface area contributed by atoms with E-state index in [2.05, 4.69) is 24.9 Å². The molecule has 0 aromatic rings. The van der Waals surface area contributed by atoms with E-state index in [-0.39, 0.29) is 30.6 Å². The van der Waals surface area contributed by atoms with Crippen LogP contribution < -0.4 is 0 Å². The first kappa shape index (κ1) is 17.5. The molecule has 0 bridgehead atoms. The van der Waals surface area contributed by atoms with Crippen molar-refractivity contribution in [2.45, 2.75) is 0 Å². The molecule has 0 saturated carbocycles. The Morgan fingerprint density at radius 2 is 1.25 bits per heavy atom. The van der Waals surface area contributed by atoms with Crippen molar-refractivity contribution >= 4 is 24.0 Å². The van der Waals surface area contributed by atoms with Gasteiger partial charge in [0.05, 0.1) is 0 Å². The van der Waals surface area contributed by atoms with Crippen LogP contribution in [0.1, 0.15) is 0 Å². The molecule has 0 N–H and O–H groups in total. The normalized spacial score (nSPS) is 1.25. The Hall–Kier alpha value is 1.61. The van der Waals surface area contributed by atoms with Crippen LogP contribution >= 0.6 is 10.6 Å². The van der Waals surface area contributed by atoms with E-state index in [4.69, 9.17) is 0 Å². The second kappa shape index (κ2) is 23.2. The first-order chi connectivity index (χ1) is 1.00.